The fraction of sp³-hybridized carbons (Fsp3) is 0.867. The molecule has 0 aromatic carbocycles. The molecule has 0 N–H and O–H groups in total. The molecule has 2 unspecified atom stereocenters. The van der Waals surface area contributed by atoms with E-state index in [4.69, 9.17) is 9.26 Å². The van der Waals surface area contributed by atoms with Crippen LogP contribution in [-0.2, 0) is 21.1 Å². The van der Waals surface area contributed by atoms with Crippen molar-refractivity contribution >= 4 is 9.84 Å². The molecular weight excluding hydrogens is 332 g/mol. The molecule has 136 valence electrons. The van der Waals surface area contributed by atoms with Gasteiger partial charge in [-0.1, -0.05) is 19.0 Å². The molecule has 2 aliphatic heterocycles. The molecule has 2 saturated heterocycles. The number of sulfone groups is 1. The Kier molecular flexibility index (Phi) is 5.24. The van der Waals surface area contributed by atoms with Crippen LogP contribution in [0.4, 0.5) is 0 Å². The van der Waals surface area contributed by atoms with Gasteiger partial charge in [0.15, 0.2) is 15.7 Å². The number of rotatable bonds is 6. The van der Waals surface area contributed by atoms with Gasteiger partial charge in [-0.15, -0.1) is 0 Å². The topological polar surface area (TPSA) is 88.8 Å². The summed E-state index contributed by atoms with van der Waals surface area (Å²) in [7, 11) is -1.34. The van der Waals surface area contributed by atoms with Crippen LogP contribution < -0.4 is 0 Å². The van der Waals surface area contributed by atoms with Crippen molar-refractivity contribution in [3.63, 3.8) is 0 Å². The van der Waals surface area contributed by atoms with Crippen LogP contribution in [0.1, 0.15) is 31.5 Å². The first-order valence-corrected chi connectivity index (χ1v) is 10.2. The van der Waals surface area contributed by atoms with Gasteiger partial charge in [0.2, 0.25) is 5.89 Å². The third-order valence-electron chi connectivity index (χ3n) is 4.83. The van der Waals surface area contributed by atoms with Gasteiger partial charge in [0, 0.05) is 44.7 Å². The highest BCUT2D eigenvalue weighted by Gasteiger charge is 2.46. The number of nitrogens with zero attached hydrogens (tertiary/aromatic N) is 4. The van der Waals surface area contributed by atoms with E-state index in [1.54, 1.807) is 7.11 Å². The van der Waals surface area contributed by atoms with Crippen LogP contribution in [0.25, 0.3) is 0 Å². The third-order valence-corrected chi connectivity index (χ3v) is 6.53. The molecule has 0 radical (unpaired) electrons. The molecule has 0 bridgehead atoms. The standard InChI is InChI=1S/C15H26N4O4S/c1-11(2)15-16-14(23-17-15)8-19-5-4-18(6-7-22-3)12-9-24(20,21)10-13(12)19/h11-13H,4-10H2,1-3H3. The summed E-state index contributed by atoms with van der Waals surface area (Å²) in [6, 6.07) is 0.00129. The van der Waals surface area contributed by atoms with Gasteiger partial charge in [0.25, 0.3) is 0 Å². The van der Waals surface area contributed by atoms with Gasteiger partial charge in [0.1, 0.15) is 0 Å². The Hall–Kier alpha value is -1.03. The molecule has 0 aliphatic carbocycles. The van der Waals surface area contributed by atoms with E-state index in [2.05, 4.69) is 19.9 Å². The van der Waals surface area contributed by atoms with E-state index in [0.717, 1.165) is 19.6 Å². The van der Waals surface area contributed by atoms with Crippen molar-refractivity contribution in [2.24, 2.45) is 0 Å². The molecule has 2 aliphatic rings. The zero-order chi connectivity index (χ0) is 17.3. The van der Waals surface area contributed by atoms with Gasteiger partial charge in [0.05, 0.1) is 24.7 Å². The monoisotopic (exact) mass is 358 g/mol. The molecule has 0 saturated carbocycles. The summed E-state index contributed by atoms with van der Waals surface area (Å²) >= 11 is 0. The molecular formula is C15H26N4O4S. The number of aromatic nitrogens is 2. The first-order chi connectivity index (χ1) is 11.4. The molecule has 1 aromatic heterocycles. The molecule has 0 spiro atoms. The number of ether oxygens (including phenoxy) is 1. The number of hydrogen-bond donors (Lipinski definition) is 0. The molecule has 8 nitrogen and oxygen atoms in total. The Morgan fingerprint density at radius 3 is 2.54 bits per heavy atom. The first kappa shape index (κ1) is 17.8. The van der Waals surface area contributed by atoms with E-state index in [9.17, 15) is 8.42 Å². The van der Waals surface area contributed by atoms with Gasteiger partial charge in [-0.2, -0.15) is 4.98 Å². The summed E-state index contributed by atoms with van der Waals surface area (Å²) in [4.78, 5) is 8.84. The minimum atomic E-state index is -3.01. The lowest BCUT2D eigenvalue weighted by Crippen LogP contribution is -2.59. The predicted octanol–water partition coefficient (Wildman–Crippen LogP) is 0.123. The number of methoxy groups -OCH3 is 1. The van der Waals surface area contributed by atoms with Crippen molar-refractivity contribution in [3.05, 3.63) is 11.7 Å². The Morgan fingerprint density at radius 2 is 1.92 bits per heavy atom. The SMILES string of the molecule is COCCN1CCN(Cc2nc(C(C)C)no2)C2CS(=O)(=O)CC21. The Balaban J connectivity index is 1.72. The molecule has 2 fully saturated rings. The maximum Gasteiger partial charge on any atom is 0.240 e. The van der Waals surface area contributed by atoms with E-state index < -0.39 is 9.84 Å². The van der Waals surface area contributed by atoms with Crippen LogP contribution in [0.5, 0.6) is 0 Å². The highest BCUT2D eigenvalue weighted by Crippen LogP contribution is 2.28. The van der Waals surface area contributed by atoms with Gasteiger partial charge >= 0.3 is 0 Å². The zero-order valence-corrected chi connectivity index (χ0v) is 15.3. The Labute approximate surface area is 143 Å². The highest BCUT2D eigenvalue weighted by atomic mass is 32.2. The Morgan fingerprint density at radius 1 is 1.25 bits per heavy atom. The second-order valence-corrected chi connectivity index (χ2v) is 9.07. The Bertz CT molecular complexity index is 660. The molecule has 2 atom stereocenters. The van der Waals surface area contributed by atoms with E-state index in [0.29, 0.717) is 24.9 Å². The fourth-order valence-corrected chi connectivity index (χ4v) is 5.56. The van der Waals surface area contributed by atoms with Crippen LogP contribution in [0.15, 0.2) is 4.52 Å². The molecule has 3 heterocycles. The summed E-state index contributed by atoms with van der Waals surface area (Å²) < 4.78 is 34.8. The van der Waals surface area contributed by atoms with Crippen molar-refractivity contribution in [1.29, 1.82) is 0 Å². The summed E-state index contributed by atoms with van der Waals surface area (Å²) in [6.45, 7) is 7.54. The van der Waals surface area contributed by atoms with E-state index in [1.165, 1.54) is 0 Å². The third kappa shape index (κ3) is 3.79. The van der Waals surface area contributed by atoms with Crippen molar-refractivity contribution < 1.29 is 17.7 Å². The number of fused-ring (bicyclic) bond motifs is 1. The van der Waals surface area contributed by atoms with E-state index >= 15 is 0 Å². The van der Waals surface area contributed by atoms with E-state index in [-0.39, 0.29) is 29.5 Å². The minimum Gasteiger partial charge on any atom is -0.383 e. The average molecular weight is 358 g/mol. The maximum atomic E-state index is 12.2. The largest absolute Gasteiger partial charge is 0.383 e. The predicted molar refractivity (Wildman–Crippen MR) is 88.5 cm³/mol. The van der Waals surface area contributed by atoms with Crippen molar-refractivity contribution in [3.8, 4) is 0 Å². The van der Waals surface area contributed by atoms with E-state index in [1.807, 2.05) is 13.8 Å². The molecule has 24 heavy (non-hydrogen) atoms. The maximum absolute atomic E-state index is 12.2. The van der Waals surface area contributed by atoms with Crippen LogP contribution in [0, 0.1) is 0 Å². The lowest BCUT2D eigenvalue weighted by Gasteiger charge is -2.43. The van der Waals surface area contributed by atoms with Crippen LogP contribution in [0.3, 0.4) is 0 Å². The minimum absolute atomic E-state index is 0.0185. The number of hydrogen-bond acceptors (Lipinski definition) is 8. The second kappa shape index (κ2) is 7.07. The van der Waals surface area contributed by atoms with Crippen LogP contribution in [0.2, 0.25) is 0 Å². The number of piperazine rings is 1. The summed E-state index contributed by atoms with van der Waals surface area (Å²) in [5.41, 5.74) is 0. The quantitative estimate of drug-likeness (QED) is 0.709. The smallest absolute Gasteiger partial charge is 0.240 e. The van der Waals surface area contributed by atoms with Crippen molar-refractivity contribution in [1.82, 2.24) is 19.9 Å². The lowest BCUT2D eigenvalue weighted by molar-refractivity contribution is 0.0205. The van der Waals surface area contributed by atoms with Crippen molar-refractivity contribution in [2.75, 3.05) is 44.9 Å². The summed E-state index contributed by atoms with van der Waals surface area (Å²) in [5.74, 6) is 1.89. The van der Waals surface area contributed by atoms with Gasteiger partial charge in [-0.3, -0.25) is 9.80 Å². The molecule has 0 amide bonds. The highest BCUT2D eigenvalue weighted by molar-refractivity contribution is 7.91. The van der Waals surface area contributed by atoms with Crippen molar-refractivity contribution in [2.45, 2.75) is 38.4 Å². The van der Waals surface area contributed by atoms with Gasteiger partial charge < -0.3 is 9.26 Å². The van der Waals surface area contributed by atoms with Crippen LogP contribution in [-0.4, -0.2) is 85.3 Å². The average Bonchev–Trinajstić information content (AvgIpc) is 3.10. The summed E-state index contributed by atoms with van der Waals surface area (Å²) in [5, 5.41) is 3.99. The fourth-order valence-electron chi connectivity index (χ4n) is 3.52. The first-order valence-electron chi connectivity index (χ1n) is 8.39. The second-order valence-electron chi connectivity index (χ2n) is 6.91. The zero-order valence-electron chi connectivity index (χ0n) is 14.5. The van der Waals surface area contributed by atoms with Gasteiger partial charge in [-0.25, -0.2) is 8.42 Å². The normalized spacial score (nSPS) is 27.7. The van der Waals surface area contributed by atoms with Crippen LogP contribution >= 0.6 is 0 Å². The summed E-state index contributed by atoms with van der Waals surface area (Å²) in [6.07, 6.45) is 0. The molecule has 1 aromatic rings. The molecule has 9 heteroatoms. The lowest BCUT2D eigenvalue weighted by atomic mass is 10.0. The molecule has 3 rings (SSSR count). The van der Waals surface area contributed by atoms with Gasteiger partial charge in [-0.05, 0) is 0 Å².